The summed E-state index contributed by atoms with van der Waals surface area (Å²) in [6.45, 7) is 0. The van der Waals surface area contributed by atoms with Crippen LogP contribution >= 0.6 is 12.2 Å². The normalized spacial score (nSPS) is 11.6. The number of aromatic nitrogens is 2. The third-order valence-electron chi connectivity index (χ3n) is 2.36. The van der Waals surface area contributed by atoms with Crippen molar-refractivity contribution >= 4 is 12.2 Å². The molecule has 0 atom stereocenters. The van der Waals surface area contributed by atoms with Gasteiger partial charge in [0.25, 0.3) is 5.56 Å². The monoisotopic (exact) mass is 290 g/mol. The van der Waals surface area contributed by atoms with Gasteiger partial charge in [0.2, 0.25) is 0 Å². The van der Waals surface area contributed by atoms with Gasteiger partial charge in [0.05, 0.1) is 11.3 Å². The molecule has 1 aromatic carbocycles. The molecule has 1 aromatic heterocycles. The maximum atomic E-state index is 13.6. The van der Waals surface area contributed by atoms with Gasteiger partial charge in [-0.15, -0.1) is 0 Å². The van der Waals surface area contributed by atoms with Crippen molar-refractivity contribution in [2.75, 3.05) is 0 Å². The van der Waals surface area contributed by atoms with E-state index in [1.54, 1.807) is 0 Å². The first-order valence-corrected chi connectivity index (χ1v) is 5.39. The second-order valence-electron chi connectivity index (χ2n) is 3.64. The molecule has 0 spiro atoms. The van der Waals surface area contributed by atoms with Crippen LogP contribution in [0.2, 0.25) is 0 Å². The van der Waals surface area contributed by atoms with E-state index in [-0.39, 0.29) is 10.5 Å². The van der Waals surface area contributed by atoms with Crippen LogP contribution in [0.25, 0.3) is 5.69 Å². The molecule has 3 nitrogen and oxygen atoms in total. The molecule has 0 saturated heterocycles. The molecule has 0 amide bonds. The number of nitrogens with zero attached hydrogens (tertiary/aromatic N) is 1. The number of H-pyrrole nitrogens is 1. The summed E-state index contributed by atoms with van der Waals surface area (Å²) in [7, 11) is 0. The van der Waals surface area contributed by atoms with Crippen molar-refractivity contribution in [3.63, 3.8) is 0 Å². The van der Waals surface area contributed by atoms with Gasteiger partial charge in [0, 0.05) is 12.3 Å². The molecule has 1 N–H and O–H groups in total. The smallest absolute Gasteiger partial charge is 0.299 e. The Kier molecular flexibility index (Phi) is 3.27. The Morgan fingerprint density at radius 2 is 1.89 bits per heavy atom. The van der Waals surface area contributed by atoms with E-state index in [0.717, 1.165) is 16.8 Å². The first kappa shape index (κ1) is 13.5. The van der Waals surface area contributed by atoms with Crippen LogP contribution in [0.5, 0.6) is 0 Å². The summed E-state index contributed by atoms with van der Waals surface area (Å²) in [4.78, 5) is 13.2. The molecule has 100 valence electrons. The minimum Gasteiger partial charge on any atom is -0.299 e. The van der Waals surface area contributed by atoms with Crippen LogP contribution in [-0.2, 0) is 6.18 Å². The number of benzene rings is 1. The average molecular weight is 290 g/mol. The highest BCUT2D eigenvalue weighted by atomic mass is 32.1. The molecular formula is C11H6F4N2OS. The highest BCUT2D eigenvalue weighted by molar-refractivity contribution is 7.71. The fourth-order valence-electron chi connectivity index (χ4n) is 1.48. The molecule has 19 heavy (non-hydrogen) atoms. The highest BCUT2D eigenvalue weighted by Gasteiger charge is 2.31. The molecule has 0 radical (unpaired) electrons. The van der Waals surface area contributed by atoms with Gasteiger partial charge < -0.3 is 0 Å². The lowest BCUT2D eigenvalue weighted by molar-refractivity contribution is -0.137. The van der Waals surface area contributed by atoms with Crippen molar-refractivity contribution in [2.45, 2.75) is 6.18 Å². The first-order chi connectivity index (χ1) is 8.79. The van der Waals surface area contributed by atoms with E-state index in [4.69, 9.17) is 12.2 Å². The Labute approximate surface area is 109 Å². The third-order valence-corrected chi connectivity index (χ3v) is 2.66. The molecule has 0 aliphatic carbocycles. The Hall–Kier alpha value is -1.96. The van der Waals surface area contributed by atoms with E-state index in [1.165, 1.54) is 0 Å². The van der Waals surface area contributed by atoms with Crippen molar-refractivity contribution in [1.82, 2.24) is 9.55 Å². The SMILES string of the molecule is O=c1ccn(-c2cc(C(F)(F)F)ccc2F)c(=S)[nH]1. The van der Waals surface area contributed by atoms with E-state index >= 15 is 0 Å². The van der Waals surface area contributed by atoms with Crippen LogP contribution in [0.15, 0.2) is 35.3 Å². The van der Waals surface area contributed by atoms with E-state index in [1.807, 2.05) is 0 Å². The highest BCUT2D eigenvalue weighted by Crippen LogP contribution is 2.31. The maximum Gasteiger partial charge on any atom is 0.416 e. The standard InChI is InChI=1S/C11H6F4N2OS/c12-7-2-1-6(11(13,14)15)5-8(7)17-4-3-9(18)16-10(17)19/h1-5H,(H,16,18,19). The lowest BCUT2D eigenvalue weighted by Crippen LogP contribution is -2.12. The zero-order valence-corrected chi connectivity index (χ0v) is 9.98. The van der Waals surface area contributed by atoms with Gasteiger partial charge in [0.15, 0.2) is 4.77 Å². The van der Waals surface area contributed by atoms with Crippen LogP contribution < -0.4 is 5.56 Å². The van der Waals surface area contributed by atoms with E-state index in [9.17, 15) is 22.4 Å². The van der Waals surface area contributed by atoms with E-state index < -0.39 is 23.1 Å². The largest absolute Gasteiger partial charge is 0.416 e. The van der Waals surface area contributed by atoms with E-state index in [0.29, 0.717) is 18.2 Å². The number of aromatic amines is 1. The number of hydrogen-bond donors (Lipinski definition) is 1. The second kappa shape index (κ2) is 4.61. The summed E-state index contributed by atoms with van der Waals surface area (Å²) in [6, 6.07) is 3.00. The van der Waals surface area contributed by atoms with Crippen LogP contribution in [0, 0.1) is 10.6 Å². The number of alkyl halides is 3. The second-order valence-corrected chi connectivity index (χ2v) is 4.03. The lowest BCUT2D eigenvalue weighted by atomic mass is 10.2. The number of rotatable bonds is 1. The van der Waals surface area contributed by atoms with E-state index in [2.05, 4.69) is 4.98 Å². The van der Waals surface area contributed by atoms with Gasteiger partial charge in [-0.05, 0) is 30.4 Å². The molecule has 0 bridgehead atoms. The lowest BCUT2D eigenvalue weighted by Gasteiger charge is -2.11. The molecule has 0 unspecified atom stereocenters. The first-order valence-electron chi connectivity index (χ1n) is 4.98. The Morgan fingerprint density at radius 3 is 2.47 bits per heavy atom. The number of hydrogen-bond acceptors (Lipinski definition) is 2. The topological polar surface area (TPSA) is 37.8 Å². The number of halogens is 4. The fraction of sp³-hybridized carbons (Fsp3) is 0.0909. The molecule has 2 rings (SSSR count). The Bertz CT molecular complexity index is 732. The zero-order valence-electron chi connectivity index (χ0n) is 9.16. The maximum absolute atomic E-state index is 13.6. The average Bonchev–Trinajstić information content (AvgIpc) is 2.29. The minimum absolute atomic E-state index is 0.189. The molecular weight excluding hydrogens is 284 g/mol. The predicted octanol–water partition coefficient (Wildman–Crippen LogP) is 3.05. The fourth-order valence-corrected chi connectivity index (χ4v) is 1.74. The molecule has 0 aliphatic rings. The van der Waals surface area contributed by atoms with Crippen molar-refractivity contribution in [3.05, 3.63) is 57.0 Å². The Balaban J connectivity index is 2.68. The summed E-state index contributed by atoms with van der Waals surface area (Å²) in [5.41, 5.74) is -1.90. The summed E-state index contributed by atoms with van der Waals surface area (Å²) in [5, 5.41) is 0. The molecule has 2 aromatic rings. The number of nitrogens with one attached hydrogen (secondary N) is 1. The Morgan fingerprint density at radius 1 is 1.21 bits per heavy atom. The summed E-state index contributed by atoms with van der Waals surface area (Å²) in [5.74, 6) is -0.879. The predicted molar refractivity (Wildman–Crippen MR) is 62.2 cm³/mol. The van der Waals surface area contributed by atoms with Crippen molar-refractivity contribution in [3.8, 4) is 5.69 Å². The van der Waals surface area contributed by atoms with Crippen LogP contribution in [0.3, 0.4) is 0 Å². The zero-order chi connectivity index (χ0) is 14.2. The molecule has 0 saturated carbocycles. The van der Waals surface area contributed by atoms with Crippen molar-refractivity contribution in [2.24, 2.45) is 0 Å². The third kappa shape index (κ3) is 2.73. The summed E-state index contributed by atoms with van der Waals surface area (Å²) < 4.78 is 52.1. The summed E-state index contributed by atoms with van der Waals surface area (Å²) in [6.07, 6.45) is -3.48. The molecule has 0 fully saturated rings. The van der Waals surface area contributed by atoms with Crippen molar-refractivity contribution in [1.29, 1.82) is 0 Å². The van der Waals surface area contributed by atoms with Gasteiger partial charge in [-0.1, -0.05) is 0 Å². The van der Waals surface area contributed by atoms with Crippen molar-refractivity contribution < 1.29 is 17.6 Å². The van der Waals surface area contributed by atoms with Gasteiger partial charge in [-0.2, -0.15) is 13.2 Å². The minimum atomic E-state index is -4.59. The molecule has 0 aliphatic heterocycles. The molecule has 8 heteroatoms. The van der Waals surface area contributed by atoms with Crippen LogP contribution in [0.1, 0.15) is 5.56 Å². The van der Waals surface area contributed by atoms with Gasteiger partial charge in [-0.3, -0.25) is 14.3 Å². The van der Waals surface area contributed by atoms with Crippen LogP contribution in [-0.4, -0.2) is 9.55 Å². The van der Waals surface area contributed by atoms with Gasteiger partial charge in [-0.25, -0.2) is 4.39 Å². The van der Waals surface area contributed by atoms with Crippen LogP contribution in [0.4, 0.5) is 17.6 Å². The molecule has 1 heterocycles. The summed E-state index contributed by atoms with van der Waals surface area (Å²) >= 11 is 4.78. The quantitative estimate of drug-likeness (QED) is 0.647. The van der Waals surface area contributed by atoms with Gasteiger partial charge in [0.1, 0.15) is 5.82 Å². The van der Waals surface area contributed by atoms with Gasteiger partial charge >= 0.3 is 6.18 Å².